The van der Waals surface area contributed by atoms with E-state index in [-0.39, 0.29) is 5.92 Å². The molecule has 0 radical (unpaired) electrons. The van der Waals surface area contributed by atoms with Crippen LogP contribution in [0.25, 0.3) is 0 Å². The van der Waals surface area contributed by atoms with Crippen molar-refractivity contribution in [2.24, 2.45) is 5.92 Å². The summed E-state index contributed by atoms with van der Waals surface area (Å²) in [7, 11) is 0. The molecule has 0 aliphatic heterocycles. The lowest BCUT2D eigenvalue weighted by Gasteiger charge is -2.12. The van der Waals surface area contributed by atoms with Gasteiger partial charge in [-0.2, -0.15) is 0 Å². The molecular weight excluding hydrogens is 284 g/mol. The molecule has 0 saturated carbocycles. The van der Waals surface area contributed by atoms with Crippen molar-refractivity contribution < 1.29 is 10.2 Å². The summed E-state index contributed by atoms with van der Waals surface area (Å²) in [6, 6.07) is 0. The first kappa shape index (κ1) is 22.9. The number of unbranched alkanes of at least 4 members (excludes halogenated alkanes) is 15. The zero-order valence-corrected chi connectivity index (χ0v) is 16.1. The molecule has 140 valence electrons. The van der Waals surface area contributed by atoms with Crippen LogP contribution in [0.15, 0.2) is 0 Å². The smallest absolute Gasteiger partial charge is 0.154 e. The Morgan fingerprint density at radius 3 is 1.13 bits per heavy atom. The van der Waals surface area contributed by atoms with Crippen molar-refractivity contribution in [1.82, 2.24) is 0 Å². The van der Waals surface area contributed by atoms with Crippen molar-refractivity contribution in [3.63, 3.8) is 0 Å². The maximum Gasteiger partial charge on any atom is 0.154 e. The zero-order valence-electron chi connectivity index (χ0n) is 16.1. The third kappa shape index (κ3) is 18.1. The molecule has 2 nitrogen and oxygen atoms in total. The van der Waals surface area contributed by atoms with Crippen LogP contribution in [-0.2, 0) is 0 Å². The van der Waals surface area contributed by atoms with E-state index >= 15 is 0 Å². The van der Waals surface area contributed by atoms with E-state index in [0.29, 0.717) is 0 Å². The van der Waals surface area contributed by atoms with E-state index < -0.39 is 6.29 Å². The van der Waals surface area contributed by atoms with Gasteiger partial charge < -0.3 is 10.2 Å². The summed E-state index contributed by atoms with van der Waals surface area (Å²) >= 11 is 0. The van der Waals surface area contributed by atoms with Gasteiger partial charge in [0, 0.05) is 5.92 Å². The van der Waals surface area contributed by atoms with Crippen LogP contribution in [0, 0.1) is 5.92 Å². The fourth-order valence-electron chi connectivity index (χ4n) is 3.16. The summed E-state index contributed by atoms with van der Waals surface area (Å²) in [6.07, 6.45) is 21.9. The molecule has 0 spiro atoms. The Hall–Kier alpha value is -0.0800. The summed E-state index contributed by atoms with van der Waals surface area (Å²) in [5, 5.41) is 18.0. The normalized spacial score (nSPS) is 12.9. The summed E-state index contributed by atoms with van der Waals surface area (Å²) in [5.74, 6) is 0.0293. The number of hydrogen-bond donors (Lipinski definition) is 2. The van der Waals surface area contributed by atoms with E-state index in [1.807, 2.05) is 6.92 Å². The van der Waals surface area contributed by atoms with Gasteiger partial charge in [0.25, 0.3) is 0 Å². The SMILES string of the molecule is CCCCCCCCCCCCCCCCCCC(C)C(O)O. The van der Waals surface area contributed by atoms with E-state index in [4.69, 9.17) is 10.2 Å². The van der Waals surface area contributed by atoms with E-state index in [2.05, 4.69) is 6.92 Å². The van der Waals surface area contributed by atoms with Crippen LogP contribution >= 0.6 is 0 Å². The lowest BCUT2D eigenvalue weighted by atomic mass is 10.0. The average Bonchev–Trinajstić information content (AvgIpc) is 2.54. The first-order chi connectivity index (χ1) is 11.2. The Kier molecular flexibility index (Phi) is 18.2. The monoisotopic (exact) mass is 328 g/mol. The van der Waals surface area contributed by atoms with Crippen molar-refractivity contribution >= 4 is 0 Å². The molecule has 0 fully saturated rings. The van der Waals surface area contributed by atoms with Crippen LogP contribution in [0.3, 0.4) is 0 Å². The van der Waals surface area contributed by atoms with Gasteiger partial charge in [0.05, 0.1) is 0 Å². The largest absolute Gasteiger partial charge is 0.368 e. The molecule has 0 heterocycles. The first-order valence-electron chi connectivity index (χ1n) is 10.5. The molecule has 0 aromatic carbocycles. The highest BCUT2D eigenvalue weighted by atomic mass is 16.5. The molecule has 0 aliphatic rings. The van der Waals surface area contributed by atoms with Crippen LogP contribution in [0.1, 0.15) is 123 Å². The van der Waals surface area contributed by atoms with Gasteiger partial charge in [-0.05, 0) is 6.42 Å². The minimum Gasteiger partial charge on any atom is -0.368 e. The van der Waals surface area contributed by atoms with Crippen LogP contribution in [0.4, 0.5) is 0 Å². The van der Waals surface area contributed by atoms with Crippen molar-refractivity contribution in [2.45, 2.75) is 129 Å². The molecule has 2 heteroatoms. The Morgan fingerprint density at radius 1 is 0.522 bits per heavy atom. The highest BCUT2D eigenvalue weighted by Crippen LogP contribution is 2.16. The third-order valence-electron chi connectivity index (χ3n) is 5.02. The number of rotatable bonds is 18. The van der Waals surface area contributed by atoms with Gasteiger partial charge in [-0.25, -0.2) is 0 Å². The predicted octanol–water partition coefficient (Wildman–Crippen LogP) is 6.58. The lowest BCUT2D eigenvalue weighted by molar-refractivity contribution is -0.0808. The van der Waals surface area contributed by atoms with E-state index in [0.717, 1.165) is 12.8 Å². The molecule has 2 N–H and O–H groups in total. The minimum absolute atomic E-state index is 0.0293. The van der Waals surface area contributed by atoms with Crippen molar-refractivity contribution in [3.05, 3.63) is 0 Å². The number of aliphatic hydroxyl groups excluding tert-OH is 1. The molecule has 0 aromatic rings. The summed E-state index contributed by atoms with van der Waals surface area (Å²) in [4.78, 5) is 0. The molecule has 1 atom stereocenters. The maximum atomic E-state index is 9.00. The molecular formula is C21H44O2. The molecule has 0 saturated heterocycles. The molecule has 1 unspecified atom stereocenters. The quantitative estimate of drug-likeness (QED) is 0.220. The predicted molar refractivity (Wildman–Crippen MR) is 102 cm³/mol. The Balaban J connectivity index is 3.03. The summed E-state index contributed by atoms with van der Waals surface area (Å²) < 4.78 is 0. The fourth-order valence-corrected chi connectivity index (χ4v) is 3.16. The van der Waals surface area contributed by atoms with Crippen LogP contribution in [-0.4, -0.2) is 16.5 Å². The average molecular weight is 329 g/mol. The van der Waals surface area contributed by atoms with Crippen molar-refractivity contribution in [3.8, 4) is 0 Å². The molecule has 0 bridgehead atoms. The minimum atomic E-state index is -1.13. The highest BCUT2D eigenvalue weighted by molar-refractivity contribution is 4.55. The van der Waals surface area contributed by atoms with Gasteiger partial charge in [-0.1, -0.05) is 117 Å². The summed E-state index contributed by atoms with van der Waals surface area (Å²) in [5.41, 5.74) is 0. The lowest BCUT2D eigenvalue weighted by Crippen LogP contribution is -2.15. The van der Waals surface area contributed by atoms with Gasteiger partial charge in [-0.15, -0.1) is 0 Å². The molecule has 0 rings (SSSR count). The van der Waals surface area contributed by atoms with Gasteiger partial charge in [0.15, 0.2) is 6.29 Å². The van der Waals surface area contributed by atoms with Gasteiger partial charge in [0.1, 0.15) is 0 Å². The Labute approximate surface area is 146 Å². The molecule has 23 heavy (non-hydrogen) atoms. The van der Waals surface area contributed by atoms with Crippen molar-refractivity contribution in [1.29, 1.82) is 0 Å². The molecule has 0 aliphatic carbocycles. The third-order valence-corrected chi connectivity index (χ3v) is 5.02. The van der Waals surface area contributed by atoms with Crippen molar-refractivity contribution in [2.75, 3.05) is 0 Å². The fraction of sp³-hybridized carbons (Fsp3) is 1.00. The van der Waals surface area contributed by atoms with Gasteiger partial charge >= 0.3 is 0 Å². The Morgan fingerprint density at radius 2 is 0.826 bits per heavy atom. The second kappa shape index (κ2) is 18.3. The molecule has 0 aromatic heterocycles. The van der Waals surface area contributed by atoms with E-state index in [1.165, 1.54) is 96.3 Å². The van der Waals surface area contributed by atoms with E-state index in [1.54, 1.807) is 0 Å². The second-order valence-corrected chi connectivity index (χ2v) is 7.48. The number of hydrogen-bond acceptors (Lipinski definition) is 2. The topological polar surface area (TPSA) is 40.5 Å². The summed E-state index contributed by atoms with van der Waals surface area (Å²) in [6.45, 7) is 4.19. The van der Waals surface area contributed by atoms with Crippen LogP contribution < -0.4 is 0 Å². The highest BCUT2D eigenvalue weighted by Gasteiger charge is 2.09. The van der Waals surface area contributed by atoms with Gasteiger partial charge in [-0.3, -0.25) is 0 Å². The van der Waals surface area contributed by atoms with Crippen LogP contribution in [0.5, 0.6) is 0 Å². The first-order valence-corrected chi connectivity index (χ1v) is 10.5. The number of aliphatic hydroxyl groups is 2. The Bertz CT molecular complexity index is 216. The standard InChI is InChI=1S/C21H44O2/c1-3-4-5-6-7-8-9-10-11-12-13-14-15-16-17-18-19-20(2)21(22)23/h20-23H,3-19H2,1-2H3. The second-order valence-electron chi connectivity index (χ2n) is 7.48. The maximum absolute atomic E-state index is 9.00. The van der Waals surface area contributed by atoms with Crippen LogP contribution in [0.2, 0.25) is 0 Å². The van der Waals surface area contributed by atoms with E-state index in [9.17, 15) is 0 Å². The van der Waals surface area contributed by atoms with Gasteiger partial charge in [0.2, 0.25) is 0 Å². The zero-order chi connectivity index (χ0) is 17.2. The molecule has 0 amide bonds.